The molecular weight excluding hydrogens is 259 g/mol. The summed E-state index contributed by atoms with van der Waals surface area (Å²) in [5.74, 6) is 0.206. The number of hydrogen-bond acceptors (Lipinski definition) is 3. The molecule has 0 unspecified atom stereocenters. The fourth-order valence-corrected chi connectivity index (χ4v) is 2.42. The van der Waals surface area contributed by atoms with Crippen molar-refractivity contribution in [2.24, 2.45) is 0 Å². The van der Waals surface area contributed by atoms with Crippen molar-refractivity contribution in [3.63, 3.8) is 0 Å². The van der Waals surface area contributed by atoms with Crippen LogP contribution >= 0.6 is 8.60 Å². The van der Waals surface area contributed by atoms with Crippen molar-refractivity contribution in [3.8, 4) is 0 Å². The quantitative estimate of drug-likeness (QED) is 0.795. The minimum Gasteiger partial charge on any atom is -0.328 e. The van der Waals surface area contributed by atoms with E-state index in [1.807, 2.05) is 36.4 Å². The SMILES string of the molecule is OP(O)OCCC(c1ccccc1)c1ccccc1. The molecule has 0 fully saturated rings. The monoisotopic (exact) mass is 276 g/mol. The van der Waals surface area contributed by atoms with Gasteiger partial charge in [-0.25, -0.2) is 0 Å². The molecule has 0 saturated heterocycles. The van der Waals surface area contributed by atoms with Crippen LogP contribution in [0.1, 0.15) is 23.5 Å². The Hall–Kier alpha value is -1.25. The first-order chi connectivity index (χ1) is 9.27. The molecule has 0 spiro atoms. The Morgan fingerprint density at radius 1 is 0.842 bits per heavy atom. The van der Waals surface area contributed by atoms with E-state index in [-0.39, 0.29) is 5.92 Å². The van der Waals surface area contributed by atoms with Crippen molar-refractivity contribution in [1.29, 1.82) is 0 Å². The second kappa shape index (κ2) is 7.37. The van der Waals surface area contributed by atoms with Gasteiger partial charge in [0.1, 0.15) is 0 Å². The van der Waals surface area contributed by atoms with Gasteiger partial charge in [-0.05, 0) is 17.5 Å². The molecule has 19 heavy (non-hydrogen) atoms. The van der Waals surface area contributed by atoms with Crippen LogP contribution in [0.3, 0.4) is 0 Å². The van der Waals surface area contributed by atoms with Gasteiger partial charge in [0.05, 0.1) is 6.61 Å². The molecule has 0 bridgehead atoms. The molecule has 0 radical (unpaired) electrons. The van der Waals surface area contributed by atoms with E-state index in [1.54, 1.807) is 0 Å². The van der Waals surface area contributed by atoms with Crippen LogP contribution in [-0.2, 0) is 4.52 Å². The molecule has 0 aliphatic carbocycles. The molecule has 0 aromatic heterocycles. The van der Waals surface area contributed by atoms with E-state index in [9.17, 15) is 0 Å². The van der Waals surface area contributed by atoms with Gasteiger partial charge >= 0.3 is 8.60 Å². The Labute approximate surface area is 114 Å². The fourth-order valence-electron chi connectivity index (χ4n) is 2.15. The van der Waals surface area contributed by atoms with E-state index in [0.717, 1.165) is 0 Å². The third kappa shape index (κ3) is 4.41. The van der Waals surface area contributed by atoms with Gasteiger partial charge in [0.25, 0.3) is 0 Å². The average molecular weight is 276 g/mol. The van der Waals surface area contributed by atoms with Gasteiger partial charge in [0, 0.05) is 5.92 Å². The molecule has 0 aliphatic heterocycles. The maximum atomic E-state index is 8.80. The van der Waals surface area contributed by atoms with E-state index in [4.69, 9.17) is 14.3 Å². The number of benzene rings is 2. The lowest BCUT2D eigenvalue weighted by molar-refractivity contribution is 0.248. The Kier molecular flexibility index (Phi) is 5.49. The molecule has 2 rings (SSSR count). The lowest BCUT2D eigenvalue weighted by Gasteiger charge is -2.18. The van der Waals surface area contributed by atoms with Crippen molar-refractivity contribution < 1.29 is 14.3 Å². The van der Waals surface area contributed by atoms with Crippen LogP contribution in [0, 0.1) is 0 Å². The summed E-state index contributed by atoms with van der Waals surface area (Å²) in [5, 5.41) is 0. The van der Waals surface area contributed by atoms with E-state index in [2.05, 4.69) is 24.3 Å². The highest BCUT2D eigenvalue weighted by molar-refractivity contribution is 7.39. The first kappa shape index (κ1) is 14.2. The van der Waals surface area contributed by atoms with Gasteiger partial charge in [-0.3, -0.25) is 0 Å². The second-order valence-corrected chi connectivity index (χ2v) is 5.01. The lowest BCUT2D eigenvalue weighted by atomic mass is 9.89. The standard InChI is InChI=1S/C15H17O3P/c16-19(17)18-12-11-15(13-7-3-1-4-8-13)14-9-5-2-6-10-14/h1-10,15-17H,11-12H2. The van der Waals surface area contributed by atoms with E-state index in [1.165, 1.54) is 11.1 Å². The van der Waals surface area contributed by atoms with Crippen LogP contribution in [0.25, 0.3) is 0 Å². The molecule has 0 aliphatic rings. The zero-order valence-electron chi connectivity index (χ0n) is 10.5. The zero-order valence-corrected chi connectivity index (χ0v) is 11.4. The summed E-state index contributed by atoms with van der Waals surface area (Å²) in [6.45, 7) is 0.327. The van der Waals surface area contributed by atoms with Gasteiger partial charge in [-0.2, -0.15) is 0 Å². The van der Waals surface area contributed by atoms with Crippen molar-refractivity contribution in [1.82, 2.24) is 0 Å². The van der Waals surface area contributed by atoms with Crippen molar-refractivity contribution in [3.05, 3.63) is 71.8 Å². The Morgan fingerprint density at radius 3 is 1.74 bits per heavy atom. The predicted octanol–water partition coefficient (Wildman–Crippen LogP) is 3.44. The van der Waals surface area contributed by atoms with Crippen LogP contribution in [-0.4, -0.2) is 16.4 Å². The van der Waals surface area contributed by atoms with Gasteiger partial charge in [-0.15, -0.1) is 0 Å². The highest BCUT2D eigenvalue weighted by atomic mass is 31.2. The predicted molar refractivity (Wildman–Crippen MR) is 76.7 cm³/mol. The third-order valence-electron chi connectivity index (χ3n) is 3.02. The number of hydrogen-bond donors (Lipinski definition) is 2. The Balaban J connectivity index is 2.14. The van der Waals surface area contributed by atoms with Crippen LogP contribution in [0.5, 0.6) is 0 Å². The molecule has 0 heterocycles. The minimum atomic E-state index is -2.27. The van der Waals surface area contributed by atoms with Crippen LogP contribution in [0.4, 0.5) is 0 Å². The first-order valence-corrected chi connectivity index (χ1v) is 7.34. The summed E-state index contributed by atoms with van der Waals surface area (Å²) in [6, 6.07) is 20.3. The summed E-state index contributed by atoms with van der Waals surface area (Å²) in [5.41, 5.74) is 2.41. The van der Waals surface area contributed by atoms with Crippen LogP contribution in [0.15, 0.2) is 60.7 Å². The maximum Gasteiger partial charge on any atom is 0.327 e. The van der Waals surface area contributed by atoms with Crippen molar-refractivity contribution in [2.45, 2.75) is 12.3 Å². The lowest BCUT2D eigenvalue weighted by Crippen LogP contribution is -2.04. The molecule has 0 amide bonds. The molecule has 2 aromatic carbocycles. The first-order valence-electron chi connectivity index (χ1n) is 6.18. The van der Waals surface area contributed by atoms with E-state index < -0.39 is 8.60 Å². The highest BCUT2D eigenvalue weighted by Gasteiger charge is 2.14. The van der Waals surface area contributed by atoms with Crippen LogP contribution < -0.4 is 0 Å². The molecule has 2 N–H and O–H groups in total. The highest BCUT2D eigenvalue weighted by Crippen LogP contribution is 2.31. The van der Waals surface area contributed by atoms with Gasteiger partial charge in [-0.1, -0.05) is 60.7 Å². The molecule has 100 valence electrons. The molecule has 2 aromatic rings. The molecule has 0 saturated carbocycles. The van der Waals surface area contributed by atoms with Crippen LogP contribution in [0.2, 0.25) is 0 Å². The molecule has 4 heteroatoms. The molecule has 0 atom stereocenters. The second-order valence-electron chi connectivity index (χ2n) is 4.25. The van der Waals surface area contributed by atoms with E-state index >= 15 is 0 Å². The smallest absolute Gasteiger partial charge is 0.327 e. The van der Waals surface area contributed by atoms with Crippen molar-refractivity contribution in [2.75, 3.05) is 6.61 Å². The van der Waals surface area contributed by atoms with Gasteiger partial charge in [0.15, 0.2) is 0 Å². The summed E-state index contributed by atoms with van der Waals surface area (Å²) < 4.78 is 4.89. The maximum absolute atomic E-state index is 8.80. The summed E-state index contributed by atoms with van der Waals surface area (Å²) in [4.78, 5) is 17.6. The topological polar surface area (TPSA) is 49.7 Å². The van der Waals surface area contributed by atoms with Gasteiger partial charge in [0.2, 0.25) is 0 Å². The Morgan fingerprint density at radius 2 is 1.32 bits per heavy atom. The van der Waals surface area contributed by atoms with E-state index in [0.29, 0.717) is 13.0 Å². The normalized spacial score (nSPS) is 11.2. The van der Waals surface area contributed by atoms with Gasteiger partial charge < -0.3 is 14.3 Å². The zero-order chi connectivity index (χ0) is 13.5. The molecular formula is C15H17O3P. The summed E-state index contributed by atoms with van der Waals surface area (Å²) >= 11 is 0. The Bertz CT molecular complexity index is 434. The molecule has 3 nitrogen and oxygen atoms in total. The summed E-state index contributed by atoms with van der Waals surface area (Å²) in [6.07, 6.45) is 0.716. The minimum absolute atomic E-state index is 0.206. The average Bonchev–Trinajstić information content (AvgIpc) is 2.45. The van der Waals surface area contributed by atoms with Crippen molar-refractivity contribution >= 4 is 8.60 Å². The third-order valence-corrected chi connectivity index (χ3v) is 3.43. The summed E-state index contributed by atoms with van der Waals surface area (Å²) in [7, 11) is -2.27. The number of rotatable bonds is 6. The fraction of sp³-hybridized carbons (Fsp3) is 0.200. The largest absolute Gasteiger partial charge is 0.328 e.